The van der Waals surface area contributed by atoms with Gasteiger partial charge in [-0.1, -0.05) is 6.92 Å². The molecule has 2 unspecified atom stereocenters. The fourth-order valence-electron chi connectivity index (χ4n) is 2.41. The molecule has 19 heavy (non-hydrogen) atoms. The third kappa shape index (κ3) is 3.22. The summed E-state index contributed by atoms with van der Waals surface area (Å²) in [5, 5.41) is 3.14. The Bertz CT molecular complexity index is 424. The number of nitrogens with zero attached hydrogens (tertiary/aromatic N) is 3. The average Bonchev–Trinajstić information content (AvgIpc) is 2.41. The first-order chi connectivity index (χ1) is 9.15. The van der Waals surface area contributed by atoms with Gasteiger partial charge in [0.15, 0.2) is 0 Å². The first-order valence-electron chi connectivity index (χ1n) is 7.01. The van der Waals surface area contributed by atoms with E-state index in [-0.39, 0.29) is 6.10 Å². The number of aromatic nitrogens is 2. The van der Waals surface area contributed by atoms with Gasteiger partial charge in [-0.15, -0.1) is 0 Å². The van der Waals surface area contributed by atoms with Crippen LogP contribution in [-0.2, 0) is 11.3 Å². The number of morpholine rings is 1. The molecule has 2 heterocycles. The van der Waals surface area contributed by atoms with Crippen LogP contribution in [-0.4, -0.2) is 42.3 Å². The van der Waals surface area contributed by atoms with Gasteiger partial charge in [0.25, 0.3) is 0 Å². The van der Waals surface area contributed by atoms with E-state index in [2.05, 4.69) is 34.0 Å². The number of hydrogen-bond acceptors (Lipinski definition) is 5. The smallest absolute Gasteiger partial charge is 0.225 e. The van der Waals surface area contributed by atoms with Gasteiger partial charge in [-0.2, -0.15) is 0 Å². The van der Waals surface area contributed by atoms with Gasteiger partial charge in [0.1, 0.15) is 0 Å². The van der Waals surface area contributed by atoms with Crippen molar-refractivity contribution in [2.45, 2.75) is 45.9 Å². The highest BCUT2D eigenvalue weighted by atomic mass is 16.5. The van der Waals surface area contributed by atoms with Crippen molar-refractivity contribution >= 4 is 5.95 Å². The normalized spacial score (nSPS) is 23.7. The molecular formula is C14H24N4O. The molecule has 2 atom stereocenters. The molecule has 2 rings (SSSR count). The van der Waals surface area contributed by atoms with Gasteiger partial charge in [0, 0.05) is 30.5 Å². The van der Waals surface area contributed by atoms with Gasteiger partial charge >= 0.3 is 0 Å². The minimum Gasteiger partial charge on any atom is -0.375 e. The molecule has 0 amide bonds. The summed E-state index contributed by atoms with van der Waals surface area (Å²) in [5.74, 6) is 0.833. The molecule has 5 nitrogen and oxygen atoms in total. The van der Waals surface area contributed by atoms with Gasteiger partial charge in [0.2, 0.25) is 5.95 Å². The van der Waals surface area contributed by atoms with Crippen LogP contribution in [0.2, 0.25) is 0 Å². The van der Waals surface area contributed by atoms with Crippen molar-refractivity contribution in [2.24, 2.45) is 0 Å². The largest absolute Gasteiger partial charge is 0.375 e. The van der Waals surface area contributed by atoms with Crippen molar-refractivity contribution in [1.29, 1.82) is 0 Å². The molecule has 1 N–H and O–H groups in total. The fraction of sp³-hybridized carbons (Fsp3) is 0.714. The number of hydrogen-bond donors (Lipinski definition) is 1. The van der Waals surface area contributed by atoms with Gasteiger partial charge in [-0.05, 0) is 27.3 Å². The van der Waals surface area contributed by atoms with Gasteiger partial charge in [-0.25, -0.2) is 9.97 Å². The van der Waals surface area contributed by atoms with E-state index in [0.29, 0.717) is 6.04 Å². The van der Waals surface area contributed by atoms with Crippen LogP contribution < -0.4 is 10.2 Å². The molecule has 0 saturated carbocycles. The second kappa shape index (κ2) is 6.30. The van der Waals surface area contributed by atoms with E-state index >= 15 is 0 Å². The zero-order chi connectivity index (χ0) is 13.8. The maximum absolute atomic E-state index is 5.72. The van der Waals surface area contributed by atoms with E-state index in [0.717, 1.165) is 43.3 Å². The highest BCUT2D eigenvalue weighted by molar-refractivity contribution is 5.35. The van der Waals surface area contributed by atoms with Gasteiger partial charge in [-0.3, -0.25) is 0 Å². The molecule has 1 fully saturated rings. The summed E-state index contributed by atoms with van der Waals surface area (Å²) in [4.78, 5) is 11.5. The first kappa shape index (κ1) is 14.2. The predicted octanol–water partition coefficient (Wildman–Crippen LogP) is 1.51. The topological polar surface area (TPSA) is 50.3 Å². The molecule has 106 valence electrons. The molecule has 1 aliphatic heterocycles. The molecule has 0 radical (unpaired) electrons. The third-order valence-electron chi connectivity index (χ3n) is 3.63. The maximum atomic E-state index is 5.72. The van der Waals surface area contributed by atoms with E-state index in [9.17, 15) is 0 Å². The Balaban J connectivity index is 2.21. The van der Waals surface area contributed by atoms with Crippen molar-refractivity contribution in [3.63, 3.8) is 0 Å². The van der Waals surface area contributed by atoms with Crippen LogP contribution in [0.5, 0.6) is 0 Å². The van der Waals surface area contributed by atoms with Crippen LogP contribution in [0.3, 0.4) is 0 Å². The third-order valence-corrected chi connectivity index (χ3v) is 3.63. The Hall–Kier alpha value is -1.20. The Labute approximate surface area is 115 Å². The van der Waals surface area contributed by atoms with Gasteiger partial charge < -0.3 is 15.0 Å². The van der Waals surface area contributed by atoms with Crippen LogP contribution in [0, 0.1) is 6.92 Å². The van der Waals surface area contributed by atoms with Crippen LogP contribution in [0.1, 0.15) is 31.5 Å². The number of ether oxygens (including phenoxy) is 1. The van der Waals surface area contributed by atoms with Crippen LogP contribution in [0.15, 0.2) is 6.20 Å². The molecule has 0 bridgehead atoms. The van der Waals surface area contributed by atoms with Crippen molar-refractivity contribution < 1.29 is 4.74 Å². The zero-order valence-corrected chi connectivity index (χ0v) is 12.3. The number of aryl methyl sites for hydroxylation is 1. The SMILES string of the molecule is CCC1COC(C)CN1c1ncc(CNC)c(C)n1. The summed E-state index contributed by atoms with van der Waals surface area (Å²) < 4.78 is 5.72. The summed E-state index contributed by atoms with van der Waals surface area (Å²) >= 11 is 0. The van der Waals surface area contributed by atoms with E-state index in [4.69, 9.17) is 4.74 Å². The molecule has 0 spiro atoms. The molecule has 0 aliphatic carbocycles. The Morgan fingerprint density at radius 2 is 2.32 bits per heavy atom. The number of rotatable bonds is 4. The summed E-state index contributed by atoms with van der Waals surface area (Å²) in [6, 6.07) is 0.380. The summed E-state index contributed by atoms with van der Waals surface area (Å²) in [5.41, 5.74) is 2.20. The summed E-state index contributed by atoms with van der Waals surface area (Å²) in [6.45, 7) is 8.76. The second-order valence-corrected chi connectivity index (χ2v) is 5.17. The summed E-state index contributed by atoms with van der Waals surface area (Å²) in [6.07, 6.45) is 3.22. The summed E-state index contributed by atoms with van der Waals surface area (Å²) in [7, 11) is 1.93. The fourth-order valence-corrected chi connectivity index (χ4v) is 2.41. The highest BCUT2D eigenvalue weighted by Gasteiger charge is 2.27. The molecule has 1 aromatic rings. The molecule has 1 saturated heterocycles. The lowest BCUT2D eigenvalue weighted by molar-refractivity contribution is 0.0292. The lowest BCUT2D eigenvalue weighted by atomic mass is 10.1. The monoisotopic (exact) mass is 264 g/mol. The predicted molar refractivity (Wildman–Crippen MR) is 76.4 cm³/mol. The maximum Gasteiger partial charge on any atom is 0.225 e. The van der Waals surface area contributed by atoms with Crippen molar-refractivity contribution in [1.82, 2.24) is 15.3 Å². The average molecular weight is 264 g/mol. The number of anilines is 1. The lowest BCUT2D eigenvalue weighted by Gasteiger charge is -2.38. The van der Waals surface area contributed by atoms with E-state index in [1.165, 1.54) is 0 Å². The van der Waals surface area contributed by atoms with Crippen molar-refractivity contribution in [3.8, 4) is 0 Å². The highest BCUT2D eigenvalue weighted by Crippen LogP contribution is 2.20. The zero-order valence-electron chi connectivity index (χ0n) is 12.3. The van der Waals surface area contributed by atoms with E-state index < -0.39 is 0 Å². The van der Waals surface area contributed by atoms with E-state index in [1.54, 1.807) is 0 Å². The minimum atomic E-state index is 0.240. The quantitative estimate of drug-likeness (QED) is 0.893. The lowest BCUT2D eigenvalue weighted by Crippen LogP contribution is -2.49. The molecule has 1 aromatic heterocycles. The molecule has 0 aromatic carbocycles. The second-order valence-electron chi connectivity index (χ2n) is 5.17. The number of nitrogens with one attached hydrogen (secondary N) is 1. The van der Waals surface area contributed by atoms with Crippen LogP contribution in [0.25, 0.3) is 0 Å². The first-order valence-corrected chi connectivity index (χ1v) is 7.01. The van der Waals surface area contributed by atoms with Gasteiger partial charge in [0.05, 0.1) is 18.8 Å². The van der Waals surface area contributed by atoms with Crippen LogP contribution in [0.4, 0.5) is 5.95 Å². The molecule has 5 heteroatoms. The molecule has 1 aliphatic rings. The Morgan fingerprint density at radius 3 is 2.95 bits per heavy atom. The Kier molecular flexibility index (Phi) is 4.71. The van der Waals surface area contributed by atoms with Crippen LogP contribution >= 0.6 is 0 Å². The minimum absolute atomic E-state index is 0.240. The standard InChI is InChI=1S/C14H24N4O/c1-5-13-9-19-10(2)8-18(13)14-16-7-12(6-15-4)11(3)17-14/h7,10,13,15H,5-6,8-9H2,1-4H3. The van der Waals surface area contributed by atoms with E-state index in [1.807, 2.05) is 20.2 Å². The van der Waals surface area contributed by atoms with Crippen molar-refractivity contribution in [3.05, 3.63) is 17.5 Å². The Morgan fingerprint density at radius 1 is 1.53 bits per heavy atom. The molecular weight excluding hydrogens is 240 g/mol. The van der Waals surface area contributed by atoms with Crippen molar-refractivity contribution in [2.75, 3.05) is 25.1 Å².